The first-order valence-electron chi connectivity index (χ1n) is 9.16. The first kappa shape index (κ1) is 19.6. The highest BCUT2D eigenvalue weighted by Crippen LogP contribution is 2.54. The average molecular weight is 382 g/mol. The zero-order valence-corrected chi connectivity index (χ0v) is 16.1. The molecule has 28 heavy (non-hydrogen) atoms. The van der Waals surface area contributed by atoms with Crippen molar-refractivity contribution in [2.75, 3.05) is 13.2 Å². The lowest BCUT2D eigenvalue weighted by molar-refractivity contribution is -0.187. The van der Waals surface area contributed by atoms with E-state index in [2.05, 4.69) is 0 Å². The average Bonchev–Trinajstić information content (AvgIpc) is 3.02. The lowest BCUT2D eigenvalue weighted by Gasteiger charge is -2.41. The van der Waals surface area contributed by atoms with Crippen molar-refractivity contribution in [3.05, 3.63) is 71.3 Å². The van der Waals surface area contributed by atoms with Gasteiger partial charge in [0.15, 0.2) is 5.60 Å². The molecule has 0 saturated heterocycles. The van der Waals surface area contributed by atoms with Crippen LogP contribution in [0.25, 0.3) is 0 Å². The lowest BCUT2D eigenvalue weighted by atomic mass is 9.65. The maximum Gasteiger partial charge on any atom is 0.339 e. The maximum atomic E-state index is 13.1. The number of rotatable bonds is 6. The van der Waals surface area contributed by atoms with Gasteiger partial charge in [-0.05, 0) is 26.8 Å². The van der Waals surface area contributed by atoms with Crippen molar-refractivity contribution >= 4 is 17.9 Å². The second-order valence-electron chi connectivity index (χ2n) is 6.55. The molecule has 2 aromatic rings. The predicted molar refractivity (Wildman–Crippen MR) is 100 cm³/mol. The van der Waals surface area contributed by atoms with E-state index in [9.17, 15) is 14.4 Å². The van der Waals surface area contributed by atoms with Crippen LogP contribution >= 0.6 is 0 Å². The number of benzene rings is 2. The minimum Gasteiger partial charge on any atom is -0.465 e. The number of ether oxygens (including phenoxy) is 3. The summed E-state index contributed by atoms with van der Waals surface area (Å²) in [6.45, 7) is 4.83. The van der Waals surface area contributed by atoms with Crippen molar-refractivity contribution in [2.24, 2.45) is 5.41 Å². The number of cyclic esters (lactones) is 1. The highest BCUT2D eigenvalue weighted by molar-refractivity contribution is 6.05. The minimum absolute atomic E-state index is 0.0638. The molecule has 1 heterocycles. The summed E-state index contributed by atoms with van der Waals surface area (Å²) in [5.41, 5.74) is -2.44. The molecule has 1 atom stereocenters. The normalized spacial score (nSPS) is 18.2. The van der Waals surface area contributed by atoms with Crippen molar-refractivity contribution in [2.45, 2.75) is 26.4 Å². The Morgan fingerprint density at radius 2 is 1.46 bits per heavy atom. The van der Waals surface area contributed by atoms with Crippen LogP contribution in [-0.4, -0.2) is 31.1 Å². The molecule has 0 N–H and O–H groups in total. The summed E-state index contributed by atoms with van der Waals surface area (Å²) in [4.78, 5) is 39.0. The Kier molecular flexibility index (Phi) is 5.23. The SMILES string of the molecule is CCOC(=O)C(C)(C(=O)OCC)[C@@]1(c2ccccc2)OC(=O)c2ccccc21. The molecule has 0 unspecified atom stereocenters. The molecule has 3 rings (SSSR count). The topological polar surface area (TPSA) is 78.9 Å². The number of hydrogen-bond donors (Lipinski definition) is 0. The number of hydrogen-bond acceptors (Lipinski definition) is 6. The van der Waals surface area contributed by atoms with Gasteiger partial charge in [-0.2, -0.15) is 0 Å². The van der Waals surface area contributed by atoms with Crippen molar-refractivity contribution in [3.63, 3.8) is 0 Å². The van der Waals surface area contributed by atoms with Gasteiger partial charge in [-0.3, -0.25) is 9.59 Å². The third-order valence-electron chi connectivity index (χ3n) is 5.02. The van der Waals surface area contributed by atoms with Crippen LogP contribution in [0.5, 0.6) is 0 Å². The summed E-state index contributed by atoms with van der Waals surface area (Å²) in [5, 5.41) is 0. The van der Waals surface area contributed by atoms with Crippen LogP contribution in [0, 0.1) is 5.41 Å². The summed E-state index contributed by atoms with van der Waals surface area (Å²) < 4.78 is 16.4. The molecule has 0 spiro atoms. The smallest absolute Gasteiger partial charge is 0.339 e. The van der Waals surface area contributed by atoms with Crippen molar-refractivity contribution in [3.8, 4) is 0 Å². The van der Waals surface area contributed by atoms with Gasteiger partial charge in [0, 0.05) is 11.1 Å². The fourth-order valence-electron chi connectivity index (χ4n) is 3.69. The second-order valence-corrected chi connectivity index (χ2v) is 6.55. The molecule has 0 aromatic heterocycles. The summed E-state index contributed by atoms with van der Waals surface area (Å²) in [5.74, 6) is -2.25. The van der Waals surface area contributed by atoms with Crippen LogP contribution in [0.2, 0.25) is 0 Å². The molecular weight excluding hydrogens is 360 g/mol. The summed E-state index contributed by atoms with van der Waals surface area (Å²) in [7, 11) is 0. The van der Waals surface area contributed by atoms with Gasteiger partial charge in [0.25, 0.3) is 0 Å². The number of carbonyl (C=O) groups is 3. The molecule has 6 heteroatoms. The predicted octanol–water partition coefficient (Wildman–Crippen LogP) is 3.23. The Bertz CT molecular complexity index is 886. The van der Waals surface area contributed by atoms with Gasteiger partial charge in [0.2, 0.25) is 5.41 Å². The molecular formula is C22H22O6. The Labute approximate surface area is 163 Å². The highest BCUT2D eigenvalue weighted by Gasteiger charge is 2.68. The van der Waals surface area contributed by atoms with E-state index in [1.807, 2.05) is 0 Å². The minimum atomic E-state index is -1.94. The van der Waals surface area contributed by atoms with Gasteiger partial charge in [0.1, 0.15) is 0 Å². The van der Waals surface area contributed by atoms with E-state index in [0.29, 0.717) is 16.7 Å². The van der Waals surface area contributed by atoms with Crippen molar-refractivity contribution in [1.82, 2.24) is 0 Å². The molecule has 0 bridgehead atoms. The van der Waals surface area contributed by atoms with E-state index in [0.717, 1.165) is 0 Å². The standard InChI is InChI=1S/C22H22O6/c1-4-26-19(24)21(3,20(25)27-5-2)22(15-11-7-6-8-12-15)17-14-10-9-13-16(17)18(23)28-22/h6-14H,4-5H2,1-3H3/t22-/m0/s1. The van der Waals surface area contributed by atoms with Gasteiger partial charge in [-0.25, -0.2) is 4.79 Å². The van der Waals surface area contributed by atoms with Gasteiger partial charge in [-0.15, -0.1) is 0 Å². The summed E-state index contributed by atoms with van der Waals surface area (Å²) in [6, 6.07) is 15.5. The van der Waals surface area contributed by atoms with Gasteiger partial charge < -0.3 is 14.2 Å². The lowest BCUT2D eigenvalue weighted by Crippen LogP contribution is -2.56. The van der Waals surface area contributed by atoms with E-state index in [1.54, 1.807) is 68.4 Å². The third kappa shape index (κ3) is 2.68. The van der Waals surface area contributed by atoms with Crippen LogP contribution in [0.1, 0.15) is 42.3 Å². The summed E-state index contributed by atoms with van der Waals surface area (Å²) in [6.07, 6.45) is 0. The molecule has 6 nitrogen and oxygen atoms in total. The second kappa shape index (κ2) is 7.46. The molecule has 1 aliphatic heterocycles. The molecule has 0 radical (unpaired) electrons. The molecule has 0 fully saturated rings. The Balaban J connectivity index is 2.38. The molecule has 0 saturated carbocycles. The maximum absolute atomic E-state index is 13.1. The molecule has 2 aromatic carbocycles. The fourth-order valence-corrected chi connectivity index (χ4v) is 3.69. The molecule has 0 aliphatic carbocycles. The molecule has 0 amide bonds. The van der Waals surface area contributed by atoms with Crippen LogP contribution in [0.3, 0.4) is 0 Å². The van der Waals surface area contributed by atoms with E-state index >= 15 is 0 Å². The Morgan fingerprint density at radius 1 is 0.929 bits per heavy atom. The first-order chi connectivity index (χ1) is 13.4. The number of esters is 3. The zero-order valence-electron chi connectivity index (χ0n) is 16.1. The number of fused-ring (bicyclic) bond motifs is 1. The summed E-state index contributed by atoms with van der Waals surface area (Å²) >= 11 is 0. The van der Waals surface area contributed by atoms with Crippen LogP contribution in [-0.2, 0) is 29.4 Å². The monoisotopic (exact) mass is 382 g/mol. The highest BCUT2D eigenvalue weighted by atomic mass is 16.6. The van der Waals surface area contributed by atoms with Crippen LogP contribution < -0.4 is 0 Å². The fraction of sp³-hybridized carbons (Fsp3) is 0.318. The quantitative estimate of drug-likeness (QED) is 0.434. The molecule has 146 valence electrons. The van der Waals surface area contributed by atoms with Gasteiger partial charge in [-0.1, -0.05) is 48.5 Å². The van der Waals surface area contributed by atoms with Crippen molar-refractivity contribution < 1.29 is 28.6 Å². The van der Waals surface area contributed by atoms with Gasteiger partial charge >= 0.3 is 17.9 Å². The van der Waals surface area contributed by atoms with E-state index in [-0.39, 0.29) is 13.2 Å². The van der Waals surface area contributed by atoms with Crippen molar-refractivity contribution in [1.29, 1.82) is 0 Å². The molecule has 1 aliphatic rings. The third-order valence-corrected chi connectivity index (χ3v) is 5.02. The van der Waals surface area contributed by atoms with E-state index < -0.39 is 28.9 Å². The van der Waals surface area contributed by atoms with Crippen LogP contribution in [0.15, 0.2) is 54.6 Å². The van der Waals surface area contributed by atoms with Gasteiger partial charge in [0.05, 0.1) is 18.8 Å². The van der Waals surface area contributed by atoms with Crippen LogP contribution in [0.4, 0.5) is 0 Å². The Hall–Kier alpha value is -3.15. The first-order valence-corrected chi connectivity index (χ1v) is 9.16. The van der Waals surface area contributed by atoms with E-state index in [4.69, 9.17) is 14.2 Å². The number of carbonyl (C=O) groups excluding carboxylic acids is 3. The zero-order chi connectivity index (χ0) is 20.4. The largest absolute Gasteiger partial charge is 0.465 e. The van der Waals surface area contributed by atoms with E-state index in [1.165, 1.54) is 6.92 Å². The Morgan fingerprint density at radius 3 is 2.04 bits per heavy atom.